The number of pyridine rings is 1. The Hall–Kier alpha value is -2.49. The molecule has 3 aromatic rings. The summed E-state index contributed by atoms with van der Waals surface area (Å²) in [7, 11) is 0. The predicted molar refractivity (Wildman–Crippen MR) is 80.9 cm³/mol. The van der Waals surface area contributed by atoms with Crippen LogP contribution in [0.25, 0.3) is 10.9 Å². The molecule has 0 atom stereocenters. The summed E-state index contributed by atoms with van der Waals surface area (Å²) >= 11 is 0. The van der Waals surface area contributed by atoms with E-state index in [1.54, 1.807) is 6.07 Å². The molecule has 21 heavy (non-hydrogen) atoms. The molecule has 0 aliphatic carbocycles. The van der Waals surface area contributed by atoms with Gasteiger partial charge < -0.3 is 5.32 Å². The monoisotopic (exact) mass is 284 g/mol. The average Bonchev–Trinajstić information content (AvgIpc) is 2.44. The van der Waals surface area contributed by atoms with E-state index >= 15 is 0 Å². The molecule has 1 heterocycles. The highest BCUT2D eigenvalue weighted by Gasteiger charge is 2.10. The third-order valence-electron chi connectivity index (χ3n) is 3.64. The summed E-state index contributed by atoms with van der Waals surface area (Å²) in [6.07, 6.45) is 1.51. The van der Waals surface area contributed by atoms with E-state index in [0.717, 1.165) is 22.9 Å². The molecule has 0 saturated carbocycles. The quantitative estimate of drug-likeness (QED) is 0.726. The Morgan fingerprint density at radius 1 is 1.00 bits per heavy atom. The van der Waals surface area contributed by atoms with Crippen LogP contribution in [0.4, 0.5) is 20.2 Å². The molecule has 0 aliphatic heterocycles. The Morgan fingerprint density at radius 3 is 2.62 bits per heavy atom. The van der Waals surface area contributed by atoms with Gasteiger partial charge in [-0.2, -0.15) is 0 Å². The Kier molecular flexibility index (Phi) is 3.29. The summed E-state index contributed by atoms with van der Waals surface area (Å²) in [5.41, 5.74) is 3.95. The molecule has 0 saturated heterocycles. The van der Waals surface area contributed by atoms with Crippen molar-refractivity contribution < 1.29 is 8.78 Å². The lowest BCUT2D eigenvalue weighted by atomic mass is 10.1. The first-order chi connectivity index (χ1) is 10.1. The lowest BCUT2D eigenvalue weighted by Gasteiger charge is -2.13. The van der Waals surface area contributed by atoms with Crippen LogP contribution in [-0.2, 0) is 0 Å². The first kappa shape index (κ1) is 13.5. The minimum absolute atomic E-state index is 0.159. The largest absolute Gasteiger partial charge is 0.355 e. The van der Waals surface area contributed by atoms with E-state index in [2.05, 4.69) is 10.3 Å². The van der Waals surface area contributed by atoms with Crippen molar-refractivity contribution in [2.75, 3.05) is 5.32 Å². The fourth-order valence-corrected chi connectivity index (χ4v) is 2.32. The molecule has 2 nitrogen and oxygen atoms in total. The van der Waals surface area contributed by atoms with Gasteiger partial charge in [0, 0.05) is 29.0 Å². The minimum atomic E-state index is -0.658. The number of hydrogen-bond acceptors (Lipinski definition) is 2. The van der Waals surface area contributed by atoms with Gasteiger partial charge in [0.2, 0.25) is 0 Å². The fraction of sp³-hybridized carbons (Fsp3) is 0.118. The molecule has 0 amide bonds. The van der Waals surface area contributed by atoms with Crippen molar-refractivity contribution in [3.8, 4) is 0 Å². The molecule has 0 bridgehead atoms. The van der Waals surface area contributed by atoms with Gasteiger partial charge in [-0.1, -0.05) is 12.1 Å². The van der Waals surface area contributed by atoms with Crippen LogP contribution in [0.15, 0.2) is 42.6 Å². The molecule has 1 N–H and O–H groups in total. The van der Waals surface area contributed by atoms with E-state index in [0.29, 0.717) is 11.1 Å². The maximum Gasteiger partial charge on any atom is 0.152 e. The molecule has 106 valence electrons. The Morgan fingerprint density at radius 2 is 1.81 bits per heavy atom. The average molecular weight is 284 g/mol. The zero-order valence-corrected chi connectivity index (χ0v) is 11.7. The van der Waals surface area contributed by atoms with Crippen LogP contribution < -0.4 is 5.32 Å². The molecule has 3 rings (SSSR count). The number of anilines is 2. The highest BCUT2D eigenvalue weighted by molar-refractivity contribution is 5.93. The SMILES string of the molecule is Cc1cccc(Nc2ccnc3c(F)cc(F)cc23)c1C. The van der Waals surface area contributed by atoms with Gasteiger partial charge >= 0.3 is 0 Å². The van der Waals surface area contributed by atoms with Gasteiger partial charge in [-0.25, -0.2) is 8.78 Å². The van der Waals surface area contributed by atoms with Gasteiger partial charge in [-0.3, -0.25) is 4.98 Å². The van der Waals surface area contributed by atoms with Crippen LogP contribution in [0, 0.1) is 25.5 Å². The van der Waals surface area contributed by atoms with Crippen molar-refractivity contribution in [2.24, 2.45) is 0 Å². The zero-order valence-electron chi connectivity index (χ0n) is 11.7. The third kappa shape index (κ3) is 2.44. The molecule has 0 fully saturated rings. The van der Waals surface area contributed by atoms with E-state index in [1.165, 1.54) is 12.3 Å². The molecular weight excluding hydrogens is 270 g/mol. The Labute approximate surface area is 121 Å². The number of aromatic nitrogens is 1. The van der Waals surface area contributed by atoms with E-state index in [1.807, 2.05) is 32.0 Å². The van der Waals surface area contributed by atoms with Crippen molar-refractivity contribution in [1.29, 1.82) is 0 Å². The predicted octanol–water partition coefficient (Wildman–Crippen LogP) is 4.87. The summed E-state index contributed by atoms with van der Waals surface area (Å²) in [5, 5.41) is 3.66. The maximum absolute atomic E-state index is 13.8. The molecule has 4 heteroatoms. The van der Waals surface area contributed by atoms with Gasteiger partial charge in [0.15, 0.2) is 5.82 Å². The molecule has 0 spiro atoms. The van der Waals surface area contributed by atoms with E-state index in [4.69, 9.17) is 0 Å². The molecule has 2 aromatic carbocycles. The number of aryl methyl sites for hydroxylation is 1. The van der Waals surface area contributed by atoms with Crippen molar-refractivity contribution in [2.45, 2.75) is 13.8 Å². The summed E-state index contributed by atoms with van der Waals surface area (Å²) < 4.78 is 27.2. The molecular formula is C17H14F2N2. The number of halogens is 2. The van der Waals surface area contributed by atoms with Crippen molar-refractivity contribution >= 4 is 22.3 Å². The molecule has 0 aliphatic rings. The van der Waals surface area contributed by atoms with Crippen LogP contribution in [-0.4, -0.2) is 4.98 Å². The number of rotatable bonds is 2. The Balaban J connectivity index is 2.15. The standard InChI is InChI=1S/C17H14F2N2/c1-10-4-3-5-15(11(10)2)21-16-6-7-20-17-13(16)8-12(18)9-14(17)19/h3-9H,1-2H3,(H,20,21). The fourth-order valence-electron chi connectivity index (χ4n) is 2.32. The second-order valence-electron chi connectivity index (χ2n) is 5.01. The summed E-state index contributed by atoms with van der Waals surface area (Å²) in [4.78, 5) is 3.98. The molecule has 1 aromatic heterocycles. The smallest absolute Gasteiger partial charge is 0.152 e. The normalized spacial score (nSPS) is 10.9. The van der Waals surface area contributed by atoms with E-state index < -0.39 is 11.6 Å². The highest BCUT2D eigenvalue weighted by atomic mass is 19.1. The zero-order chi connectivity index (χ0) is 15.0. The number of hydrogen-bond donors (Lipinski definition) is 1. The summed E-state index contributed by atoms with van der Waals surface area (Å²) in [6, 6.07) is 9.74. The highest BCUT2D eigenvalue weighted by Crippen LogP contribution is 2.29. The molecule has 0 unspecified atom stereocenters. The van der Waals surface area contributed by atoms with Crippen molar-refractivity contribution in [1.82, 2.24) is 4.98 Å². The van der Waals surface area contributed by atoms with E-state index in [9.17, 15) is 8.78 Å². The van der Waals surface area contributed by atoms with Crippen molar-refractivity contribution in [3.63, 3.8) is 0 Å². The summed E-state index contributed by atoms with van der Waals surface area (Å²) in [5.74, 6) is -1.27. The topological polar surface area (TPSA) is 24.9 Å². The van der Waals surface area contributed by atoms with Crippen LogP contribution >= 0.6 is 0 Å². The van der Waals surface area contributed by atoms with Gasteiger partial charge in [-0.15, -0.1) is 0 Å². The lowest BCUT2D eigenvalue weighted by molar-refractivity contribution is 0.590. The lowest BCUT2D eigenvalue weighted by Crippen LogP contribution is -1.97. The van der Waals surface area contributed by atoms with Gasteiger partial charge in [0.25, 0.3) is 0 Å². The second kappa shape index (κ2) is 5.13. The Bertz CT molecular complexity index is 828. The number of nitrogens with zero attached hydrogens (tertiary/aromatic N) is 1. The van der Waals surface area contributed by atoms with Crippen molar-refractivity contribution in [3.05, 3.63) is 65.4 Å². The van der Waals surface area contributed by atoms with Gasteiger partial charge in [0.1, 0.15) is 11.3 Å². The van der Waals surface area contributed by atoms with Crippen LogP contribution in [0.3, 0.4) is 0 Å². The number of fused-ring (bicyclic) bond motifs is 1. The third-order valence-corrected chi connectivity index (χ3v) is 3.64. The minimum Gasteiger partial charge on any atom is -0.355 e. The molecule has 0 radical (unpaired) electrons. The van der Waals surface area contributed by atoms with Crippen LogP contribution in [0.2, 0.25) is 0 Å². The van der Waals surface area contributed by atoms with Crippen LogP contribution in [0.1, 0.15) is 11.1 Å². The number of nitrogens with one attached hydrogen (secondary N) is 1. The first-order valence-electron chi connectivity index (χ1n) is 6.63. The first-order valence-corrected chi connectivity index (χ1v) is 6.63. The van der Waals surface area contributed by atoms with E-state index in [-0.39, 0.29) is 5.52 Å². The second-order valence-corrected chi connectivity index (χ2v) is 5.01. The van der Waals surface area contributed by atoms with Gasteiger partial charge in [-0.05, 0) is 43.2 Å². The van der Waals surface area contributed by atoms with Crippen LogP contribution in [0.5, 0.6) is 0 Å². The van der Waals surface area contributed by atoms with Gasteiger partial charge in [0.05, 0.1) is 0 Å². The summed E-state index contributed by atoms with van der Waals surface area (Å²) in [6.45, 7) is 4.02. The number of benzene rings is 2. The maximum atomic E-state index is 13.8.